The topological polar surface area (TPSA) is 57.2 Å². The molecule has 0 rings (SSSR count). The molecule has 0 aliphatic rings. The van der Waals surface area contributed by atoms with Crippen molar-refractivity contribution >= 4 is 10.1 Å². The first-order chi connectivity index (χ1) is 3.56. The van der Waals surface area contributed by atoms with E-state index in [1.54, 1.807) is 6.92 Å². The minimum Gasteiger partial charge on any atom is -0.744 e. The summed E-state index contributed by atoms with van der Waals surface area (Å²) >= 11 is 0. The van der Waals surface area contributed by atoms with Gasteiger partial charge in [-0.25, -0.2) is 8.42 Å². The largest absolute Gasteiger partial charge is 1.00 e. The molecule has 0 fully saturated rings. The summed E-state index contributed by atoms with van der Waals surface area (Å²) in [6.07, 6.45) is 1.88. The fraction of sp³-hybridized carbons (Fsp3) is 0.500. The molecule has 0 bridgehead atoms. The second-order valence-electron chi connectivity index (χ2n) is 1.27. The van der Waals surface area contributed by atoms with Gasteiger partial charge in [0.25, 0.3) is 0 Å². The third-order valence-corrected chi connectivity index (χ3v) is 1.02. The molecule has 0 aliphatic heterocycles. The van der Waals surface area contributed by atoms with Gasteiger partial charge in [0.15, 0.2) is 0 Å². The third kappa shape index (κ3) is 12.5. The Balaban J connectivity index is 0. The van der Waals surface area contributed by atoms with Crippen molar-refractivity contribution in [1.29, 1.82) is 0 Å². The van der Waals surface area contributed by atoms with Gasteiger partial charge in [-0.2, -0.15) is 0 Å². The molecular weight excluding hydrogens is 167 g/mol. The van der Waals surface area contributed by atoms with Crippen molar-refractivity contribution in [2.45, 2.75) is 13.3 Å². The van der Waals surface area contributed by atoms with Gasteiger partial charge in [-0.1, -0.05) is 13.0 Å². The van der Waals surface area contributed by atoms with Crippen LogP contribution in [0, 0.1) is 0 Å². The Morgan fingerprint density at radius 2 is 2.00 bits per heavy atom. The Labute approximate surface area is 97.7 Å². The minimum absolute atomic E-state index is 0. The zero-order valence-corrected chi connectivity index (χ0v) is 9.43. The van der Waals surface area contributed by atoms with Crippen molar-refractivity contribution < 1.29 is 64.4 Å². The molecule has 0 aromatic carbocycles. The molecule has 0 atom stereocenters. The van der Waals surface area contributed by atoms with E-state index in [0.717, 1.165) is 0 Å². The van der Waals surface area contributed by atoms with Crippen molar-refractivity contribution in [1.82, 2.24) is 0 Å². The monoisotopic (exact) mass is 174 g/mol. The molecule has 48 valence electrons. The van der Waals surface area contributed by atoms with Gasteiger partial charge in [0.2, 0.25) is 0 Å². The van der Waals surface area contributed by atoms with Crippen LogP contribution in [-0.2, 0) is 10.1 Å². The van der Waals surface area contributed by atoms with E-state index in [0.29, 0.717) is 11.8 Å². The Morgan fingerprint density at radius 3 is 2.11 bits per heavy atom. The Bertz CT molecular complexity index is 170. The minimum atomic E-state index is -4.12. The average Bonchev–Trinajstić information content (AvgIpc) is 1.59. The first kappa shape index (κ1) is 12.9. The molecule has 0 saturated heterocycles. The molecular formula is C4H7KO3S. The molecule has 0 spiro atoms. The van der Waals surface area contributed by atoms with Crippen LogP contribution in [0.1, 0.15) is 13.3 Å². The van der Waals surface area contributed by atoms with Gasteiger partial charge in [0.1, 0.15) is 10.1 Å². The van der Waals surface area contributed by atoms with E-state index in [1.165, 1.54) is 6.08 Å². The van der Waals surface area contributed by atoms with E-state index in [2.05, 4.69) is 0 Å². The molecule has 0 saturated carbocycles. The van der Waals surface area contributed by atoms with E-state index in [1.807, 2.05) is 0 Å². The smallest absolute Gasteiger partial charge is 0.744 e. The van der Waals surface area contributed by atoms with E-state index in [4.69, 9.17) is 0 Å². The van der Waals surface area contributed by atoms with Crippen LogP contribution >= 0.6 is 0 Å². The van der Waals surface area contributed by atoms with E-state index < -0.39 is 10.1 Å². The normalized spacial score (nSPS) is 11.3. The van der Waals surface area contributed by atoms with Gasteiger partial charge in [-0.3, -0.25) is 0 Å². The fourth-order valence-electron chi connectivity index (χ4n) is 0.214. The number of rotatable bonds is 2. The average molecular weight is 174 g/mol. The molecule has 0 N–H and O–H groups in total. The molecule has 0 aromatic heterocycles. The Morgan fingerprint density at radius 1 is 1.56 bits per heavy atom. The van der Waals surface area contributed by atoms with E-state index in [-0.39, 0.29) is 51.4 Å². The quantitative estimate of drug-likeness (QED) is 0.342. The summed E-state index contributed by atoms with van der Waals surface area (Å²) in [7, 11) is -4.12. The van der Waals surface area contributed by atoms with Crippen LogP contribution in [0.15, 0.2) is 11.5 Å². The zero-order valence-electron chi connectivity index (χ0n) is 5.49. The molecule has 0 radical (unpaired) electrons. The molecule has 0 aromatic rings. The maximum Gasteiger partial charge on any atom is 1.00 e. The summed E-state index contributed by atoms with van der Waals surface area (Å²) in [6, 6.07) is 0. The van der Waals surface area contributed by atoms with Crippen LogP contribution < -0.4 is 51.4 Å². The number of hydrogen-bond donors (Lipinski definition) is 0. The Hall–Kier alpha value is 1.29. The standard InChI is InChI=1S/C4H8O3S.K/c1-2-3-4-8(5,6)7;/h3-4H,2H2,1H3,(H,5,6,7);/q;+1/p-1/b4-3+;. The Kier molecular flexibility index (Phi) is 8.65. The molecule has 0 amide bonds. The maximum atomic E-state index is 9.75. The first-order valence-corrected chi connectivity index (χ1v) is 3.66. The number of allylic oxidation sites excluding steroid dienone is 1. The van der Waals surface area contributed by atoms with Gasteiger partial charge in [0, 0.05) is 5.41 Å². The van der Waals surface area contributed by atoms with Crippen molar-refractivity contribution in [3.63, 3.8) is 0 Å². The summed E-state index contributed by atoms with van der Waals surface area (Å²) in [6.45, 7) is 1.75. The van der Waals surface area contributed by atoms with Crippen molar-refractivity contribution in [3.8, 4) is 0 Å². The maximum absolute atomic E-state index is 9.75. The molecule has 9 heavy (non-hydrogen) atoms. The third-order valence-electron chi connectivity index (χ3n) is 0.499. The second-order valence-corrected chi connectivity index (χ2v) is 2.53. The molecule has 0 heterocycles. The van der Waals surface area contributed by atoms with Crippen LogP contribution in [0.3, 0.4) is 0 Å². The van der Waals surface area contributed by atoms with Crippen LogP contribution in [0.2, 0.25) is 0 Å². The summed E-state index contributed by atoms with van der Waals surface area (Å²) < 4.78 is 29.2. The molecule has 5 heteroatoms. The van der Waals surface area contributed by atoms with Crippen LogP contribution in [0.4, 0.5) is 0 Å². The number of hydrogen-bond acceptors (Lipinski definition) is 3. The van der Waals surface area contributed by atoms with Gasteiger partial charge in [-0.05, 0) is 6.42 Å². The first-order valence-electron chi connectivity index (χ1n) is 2.18. The van der Waals surface area contributed by atoms with Crippen molar-refractivity contribution in [3.05, 3.63) is 11.5 Å². The molecule has 3 nitrogen and oxygen atoms in total. The molecule has 0 unspecified atom stereocenters. The van der Waals surface area contributed by atoms with Crippen LogP contribution in [-0.4, -0.2) is 13.0 Å². The fourth-order valence-corrected chi connectivity index (χ4v) is 0.642. The molecule has 0 aliphatic carbocycles. The van der Waals surface area contributed by atoms with Crippen LogP contribution in [0.25, 0.3) is 0 Å². The summed E-state index contributed by atoms with van der Waals surface area (Å²) in [4.78, 5) is 0. The summed E-state index contributed by atoms with van der Waals surface area (Å²) in [5.41, 5.74) is 0. The zero-order chi connectivity index (χ0) is 6.62. The van der Waals surface area contributed by atoms with Crippen molar-refractivity contribution in [2.24, 2.45) is 0 Å². The van der Waals surface area contributed by atoms with Crippen molar-refractivity contribution in [2.75, 3.05) is 0 Å². The summed E-state index contributed by atoms with van der Waals surface area (Å²) in [5.74, 6) is 0. The second kappa shape index (κ2) is 6.03. The van der Waals surface area contributed by atoms with E-state index >= 15 is 0 Å². The van der Waals surface area contributed by atoms with Gasteiger partial charge in [0.05, 0.1) is 0 Å². The van der Waals surface area contributed by atoms with Gasteiger partial charge < -0.3 is 4.55 Å². The predicted octanol–water partition coefficient (Wildman–Crippen LogP) is -2.54. The summed E-state index contributed by atoms with van der Waals surface area (Å²) in [5, 5.41) is 0.660. The van der Waals surface area contributed by atoms with Crippen LogP contribution in [0.5, 0.6) is 0 Å². The van der Waals surface area contributed by atoms with Gasteiger partial charge >= 0.3 is 51.4 Å². The predicted molar refractivity (Wildman–Crippen MR) is 29.1 cm³/mol. The SMILES string of the molecule is CC/C=C/S(=O)(=O)[O-].[K+]. The van der Waals surface area contributed by atoms with Gasteiger partial charge in [-0.15, -0.1) is 0 Å². The van der Waals surface area contributed by atoms with E-state index in [9.17, 15) is 13.0 Å².